The Morgan fingerprint density at radius 3 is 2.55 bits per heavy atom. The minimum Gasteiger partial charge on any atom is -0.465 e. The maximum atomic E-state index is 11.7. The van der Waals surface area contributed by atoms with Gasteiger partial charge in [-0.2, -0.15) is 0 Å². The van der Waals surface area contributed by atoms with Gasteiger partial charge >= 0.3 is 5.97 Å². The van der Waals surface area contributed by atoms with Crippen LogP contribution in [0.2, 0.25) is 0 Å². The molecule has 0 rings (SSSR count). The van der Waals surface area contributed by atoms with Crippen molar-refractivity contribution >= 4 is 12.3 Å². The molecular formula is C16H31NO5. The van der Waals surface area contributed by atoms with Crippen molar-refractivity contribution in [3.63, 3.8) is 0 Å². The highest BCUT2D eigenvalue weighted by atomic mass is 16.5. The molecule has 0 amide bonds. The third kappa shape index (κ3) is 14.0. The minimum absolute atomic E-state index is 0.141. The summed E-state index contributed by atoms with van der Waals surface area (Å²) in [7, 11) is 3.30. The zero-order valence-corrected chi connectivity index (χ0v) is 14.0. The van der Waals surface area contributed by atoms with Crippen LogP contribution in [0.3, 0.4) is 0 Å². The van der Waals surface area contributed by atoms with Crippen molar-refractivity contribution in [2.45, 2.75) is 38.5 Å². The maximum absolute atomic E-state index is 11.7. The first-order valence-electron chi connectivity index (χ1n) is 8.02. The van der Waals surface area contributed by atoms with E-state index in [9.17, 15) is 9.59 Å². The summed E-state index contributed by atoms with van der Waals surface area (Å²) in [5.74, 6) is 0.0513. The molecule has 0 saturated carbocycles. The average molecular weight is 317 g/mol. The molecule has 0 fully saturated rings. The molecule has 0 saturated heterocycles. The zero-order chi connectivity index (χ0) is 16.5. The van der Waals surface area contributed by atoms with Gasteiger partial charge in [-0.15, -0.1) is 0 Å². The number of hydrogen-bond acceptors (Lipinski definition) is 6. The van der Waals surface area contributed by atoms with Gasteiger partial charge in [0.05, 0.1) is 19.8 Å². The van der Waals surface area contributed by atoms with Crippen molar-refractivity contribution < 1.29 is 23.8 Å². The predicted molar refractivity (Wildman–Crippen MR) is 84.8 cm³/mol. The highest BCUT2D eigenvalue weighted by Crippen LogP contribution is 2.08. The van der Waals surface area contributed by atoms with Crippen LogP contribution in [0.5, 0.6) is 0 Å². The Morgan fingerprint density at radius 2 is 1.86 bits per heavy atom. The molecule has 0 spiro atoms. The molecule has 1 N–H and O–H groups in total. The second-order valence-corrected chi connectivity index (χ2v) is 5.32. The van der Waals surface area contributed by atoms with Crippen LogP contribution in [0.15, 0.2) is 0 Å². The van der Waals surface area contributed by atoms with Gasteiger partial charge in [0.25, 0.3) is 0 Å². The van der Waals surface area contributed by atoms with Crippen LogP contribution >= 0.6 is 0 Å². The summed E-state index contributed by atoms with van der Waals surface area (Å²) in [6, 6.07) is 0. The Balaban J connectivity index is 3.52. The van der Waals surface area contributed by atoms with E-state index < -0.39 is 0 Å². The number of ether oxygens (including phenoxy) is 3. The van der Waals surface area contributed by atoms with Gasteiger partial charge in [-0.1, -0.05) is 12.8 Å². The largest absolute Gasteiger partial charge is 0.465 e. The van der Waals surface area contributed by atoms with Crippen molar-refractivity contribution in [3.05, 3.63) is 0 Å². The van der Waals surface area contributed by atoms with E-state index in [1.807, 2.05) is 0 Å². The maximum Gasteiger partial charge on any atom is 0.305 e. The molecule has 0 aliphatic rings. The topological polar surface area (TPSA) is 73.9 Å². The molecule has 0 bridgehead atoms. The molecule has 1 unspecified atom stereocenters. The van der Waals surface area contributed by atoms with E-state index in [1.165, 1.54) is 0 Å². The second kappa shape index (κ2) is 16.4. The summed E-state index contributed by atoms with van der Waals surface area (Å²) < 4.78 is 15.4. The first-order chi connectivity index (χ1) is 10.7. The average Bonchev–Trinajstić information content (AvgIpc) is 2.52. The van der Waals surface area contributed by atoms with Gasteiger partial charge in [0, 0.05) is 33.2 Å². The molecular weight excluding hydrogens is 286 g/mol. The normalized spacial score (nSPS) is 12.1. The molecule has 22 heavy (non-hydrogen) atoms. The van der Waals surface area contributed by atoms with Gasteiger partial charge in [-0.3, -0.25) is 4.79 Å². The zero-order valence-electron chi connectivity index (χ0n) is 14.0. The monoisotopic (exact) mass is 317 g/mol. The van der Waals surface area contributed by atoms with E-state index >= 15 is 0 Å². The quantitative estimate of drug-likeness (QED) is 0.265. The fourth-order valence-corrected chi connectivity index (χ4v) is 2.05. The van der Waals surface area contributed by atoms with Crippen LogP contribution in [0, 0.1) is 5.92 Å². The minimum atomic E-state index is -0.141. The summed E-state index contributed by atoms with van der Waals surface area (Å²) in [5.41, 5.74) is 0. The number of esters is 1. The van der Waals surface area contributed by atoms with E-state index in [-0.39, 0.29) is 11.9 Å². The molecule has 6 heteroatoms. The number of unbranched alkanes of at least 4 members (excludes halogenated alkanes) is 3. The third-order valence-electron chi connectivity index (χ3n) is 3.32. The highest BCUT2D eigenvalue weighted by Gasteiger charge is 2.11. The van der Waals surface area contributed by atoms with Gasteiger partial charge in [0.2, 0.25) is 0 Å². The second-order valence-electron chi connectivity index (χ2n) is 5.32. The summed E-state index contributed by atoms with van der Waals surface area (Å²) in [6.45, 7) is 2.87. The predicted octanol–water partition coefficient (Wildman–Crippen LogP) is 1.57. The SMILES string of the molecule is COCCC(COC)COC(=O)CCCCCCNCC=O. The van der Waals surface area contributed by atoms with Gasteiger partial charge < -0.3 is 24.3 Å². The third-order valence-corrected chi connectivity index (χ3v) is 3.32. The fraction of sp³-hybridized carbons (Fsp3) is 0.875. The number of carbonyl (C=O) groups is 2. The molecule has 0 aromatic rings. The number of methoxy groups -OCH3 is 2. The smallest absolute Gasteiger partial charge is 0.305 e. The number of aldehydes is 1. The lowest BCUT2D eigenvalue weighted by atomic mass is 10.1. The van der Waals surface area contributed by atoms with Crippen molar-refractivity contribution in [3.8, 4) is 0 Å². The summed E-state index contributed by atoms with van der Waals surface area (Å²) >= 11 is 0. The lowest BCUT2D eigenvalue weighted by molar-refractivity contribution is -0.146. The van der Waals surface area contributed by atoms with E-state index in [0.29, 0.717) is 32.8 Å². The Hall–Kier alpha value is -0.980. The van der Waals surface area contributed by atoms with Crippen LogP contribution in [0.4, 0.5) is 0 Å². The number of nitrogens with one attached hydrogen (secondary N) is 1. The molecule has 0 aromatic carbocycles. The van der Waals surface area contributed by atoms with Crippen LogP contribution < -0.4 is 5.32 Å². The number of rotatable bonds is 16. The van der Waals surface area contributed by atoms with E-state index in [4.69, 9.17) is 14.2 Å². The van der Waals surface area contributed by atoms with Gasteiger partial charge in [-0.25, -0.2) is 0 Å². The molecule has 0 aromatic heterocycles. The Morgan fingerprint density at radius 1 is 1.09 bits per heavy atom. The molecule has 0 radical (unpaired) electrons. The Bertz CT molecular complexity index is 273. The first kappa shape index (κ1) is 21.0. The summed E-state index contributed by atoms with van der Waals surface area (Å²) in [6.07, 6.45) is 6.08. The fourth-order valence-electron chi connectivity index (χ4n) is 2.05. The lowest BCUT2D eigenvalue weighted by Gasteiger charge is -2.15. The van der Waals surface area contributed by atoms with Crippen LogP contribution in [0.1, 0.15) is 38.5 Å². The Labute approximate surface area is 133 Å². The molecule has 0 aliphatic carbocycles. The van der Waals surface area contributed by atoms with Crippen molar-refractivity contribution in [2.75, 3.05) is 47.1 Å². The standard InChI is InChI=1S/C16H31NO5/c1-20-12-8-15(13-21-2)14-22-16(19)7-5-3-4-6-9-17-10-11-18/h11,15,17H,3-10,12-14H2,1-2H3. The van der Waals surface area contributed by atoms with Crippen LogP contribution in [-0.2, 0) is 23.8 Å². The van der Waals surface area contributed by atoms with Crippen molar-refractivity contribution in [1.82, 2.24) is 5.32 Å². The van der Waals surface area contributed by atoms with Crippen LogP contribution in [0.25, 0.3) is 0 Å². The van der Waals surface area contributed by atoms with Gasteiger partial charge in [0.1, 0.15) is 6.29 Å². The van der Waals surface area contributed by atoms with E-state index in [2.05, 4.69) is 5.32 Å². The lowest BCUT2D eigenvalue weighted by Crippen LogP contribution is -2.20. The van der Waals surface area contributed by atoms with Crippen LogP contribution in [-0.4, -0.2) is 59.4 Å². The van der Waals surface area contributed by atoms with E-state index in [1.54, 1.807) is 14.2 Å². The van der Waals surface area contributed by atoms with Gasteiger partial charge in [0.15, 0.2) is 0 Å². The highest BCUT2D eigenvalue weighted by molar-refractivity contribution is 5.69. The summed E-state index contributed by atoms with van der Waals surface area (Å²) in [5, 5.41) is 3.01. The molecule has 0 aliphatic heterocycles. The molecule has 130 valence electrons. The van der Waals surface area contributed by atoms with Crippen molar-refractivity contribution in [2.24, 2.45) is 5.92 Å². The van der Waals surface area contributed by atoms with Crippen molar-refractivity contribution in [1.29, 1.82) is 0 Å². The molecule has 0 heterocycles. The number of carbonyl (C=O) groups excluding carboxylic acids is 2. The first-order valence-corrected chi connectivity index (χ1v) is 8.02. The molecule has 1 atom stereocenters. The summed E-state index contributed by atoms with van der Waals surface area (Å²) in [4.78, 5) is 21.7. The Kier molecular flexibility index (Phi) is 15.7. The number of hydrogen-bond donors (Lipinski definition) is 1. The van der Waals surface area contributed by atoms with Gasteiger partial charge in [-0.05, 0) is 25.8 Å². The molecule has 6 nitrogen and oxygen atoms in total. The van der Waals surface area contributed by atoms with E-state index in [0.717, 1.165) is 44.9 Å².